The van der Waals surface area contributed by atoms with Gasteiger partial charge in [-0.2, -0.15) is 0 Å². The standard InChI is InChI=1S/C19H30N4O3S/c1-23-13-16(21-12-17-20-7-10-27-17)4-2-3-14(11-18(23)24)19(25)22-15-5-8-26-9-6-15/h7,10,14-16,21H,2-6,8-9,11-13H2,1H3,(H,22,25)/t14-,16-/m1/s1. The van der Waals surface area contributed by atoms with Crippen molar-refractivity contribution in [1.29, 1.82) is 0 Å². The van der Waals surface area contributed by atoms with E-state index >= 15 is 0 Å². The number of carbonyl (C=O) groups is 2. The maximum atomic E-state index is 12.7. The highest BCUT2D eigenvalue weighted by Gasteiger charge is 2.28. The molecule has 0 unspecified atom stereocenters. The van der Waals surface area contributed by atoms with E-state index in [0.717, 1.165) is 43.7 Å². The van der Waals surface area contributed by atoms with Gasteiger partial charge in [0.1, 0.15) is 5.01 Å². The van der Waals surface area contributed by atoms with Crippen molar-refractivity contribution in [2.24, 2.45) is 5.92 Å². The fraction of sp³-hybridized carbons (Fsp3) is 0.737. The number of carbonyl (C=O) groups excluding carboxylic acids is 2. The van der Waals surface area contributed by atoms with Gasteiger partial charge in [-0.15, -0.1) is 11.3 Å². The summed E-state index contributed by atoms with van der Waals surface area (Å²) in [6, 6.07) is 0.402. The lowest BCUT2D eigenvalue weighted by atomic mass is 9.95. The molecule has 3 heterocycles. The fourth-order valence-corrected chi connectivity index (χ4v) is 4.29. The lowest BCUT2D eigenvalue weighted by Crippen LogP contribution is -2.44. The molecule has 0 spiro atoms. The number of likely N-dealkylation sites (N-methyl/N-ethyl adjacent to an activating group) is 1. The Balaban J connectivity index is 1.53. The topological polar surface area (TPSA) is 83.6 Å². The summed E-state index contributed by atoms with van der Waals surface area (Å²) in [6.45, 7) is 2.78. The van der Waals surface area contributed by atoms with Gasteiger partial charge in [0.05, 0.1) is 0 Å². The molecule has 0 aromatic carbocycles. The van der Waals surface area contributed by atoms with Crippen LogP contribution in [0.15, 0.2) is 11.6 Å². The second kappa shape index (κ2) is 10.1. The molecule has 2 saturated heterocycles. The number of hydrogen-bond acceptors (Lipinski definition) is 6. The molecule has 0 aliphatic carbocycles. The number of hydrogen-bond donors (Lipinski definition) is 2. The van der Waals surface area contributed by atoms with Gasteiger partial charge in [-0.1, -0.05) is 6.42 Å². The Morgan fingerprint density at radius 3 is 2.85 bits per heavy atom. The van der Waals surface area contributed by atoms with Gasteiger partial charge in [-0.05, 0) is 25.7 Å². The van der Waals surface area contributed by atoms with Crippen LogP contribution in [-0.4, -0.2) is 60.6 Å². The molecule has 2 atom stereocenters. The zero-order valence-electron chi connectivity index (χ0n) is 16.0. The Hall–Kier alpha value is -1.51. The van der Waals surface area contributed by atoms with Crippen molar-refractivity contribution in [2.45, 2.75) is 57.2 Å². The molecule has 2 N–H and O–H groups in total. The van der Waals surface area contributed by atoms with Crippen molar-refractivity contribution in [3.63, 3.8) is 0 Å². The van der Waals surface area contributed by atoms with E-state index in [0.29, 0.717) is 26.2 Å². The van der Waals surface area contributed by atoms with Crippen molar-refractivity contribution >= 4 is 23.2 Å². The molecule has 0 saturated carbocycles. The summed E-state index contributed by atoms with van der Waals surface area (Å²) in [5, 5.41) is 9.68. The lowest BCUT2D eigenvalue weighted by Gasteiger charge is -2.26. The SMILES string of the molecule is CN1C[C@H](NCc2nccs2)CCC[C@@H](C(=O)NC2CCOCC2)CC1=O. The third-order valence-corrected chi connectivity index (χ3v) is 6.19. The van der Waals surface area contributed by atoms with Gasteiger partial charge in [0.2, 0.25) is 11.8 Å². The van der Waals surface area contributed by atoms with E-state index in [2.05, 4.69) is 15.6 Å². The maximum absolute atomic E-state index is 12.7. The number of thiazole rings is 1. The lowest BCUT2D eigenvalue weighted by molar-refractivity contribution is -0.136. The molecule has 1 aromatic heterocycles. The number of rotatable bonds is 5. The number of nitrogens with zero attached hydrogens (tertiary/aromatic N) is 2. The molecule has 0 radical (unpaired) electrons. The van der Waals surface area contributed by atoms with E-state index < -0.39 is 0 Å². The molecule has 0 bridgehead atoms. The van der Waals surface area contributed by atoms with Crippen molar-refractivity contribution in [3.05, 3.63) is 16.6 Å². The summed E-state index contributed by atoms with van der Waals surface area (Å²) >= 11 is 1.63. The predicted molar refractivity (Wildman–Crippen MR) is 104 cm³/mol. The van der Waals surface area contributed by atoms with Gasteiger partial charge in [0.15, 0.2) is 0 Å². The van der Waals surface area contributed by atoms with Crippen LogP contribution in [0.3, 0.4) is 0 Å². The number of nitrogens with one attached hydrogen (secondary N) is 2. The van der Waals surface area contributed by atoms with Crippen LogP contribution in [0.25, 0.3) is 0 Å². The molecule has 3 rings (SSSR count). The fourth-order valence-electron chi connectivity index (χ4n) is 3.73. The zero-order chi connectivity index (χ0) is 19.1. The first kappa shape index (κ1) is 20.2. The molecule has 150 valence electrons. The first-order valence-corrected chi connectivity index (χ1v) is 10.7. The van der Waals surface area contributed by atoms with Gasteiger partial charge >= 0.3 is 0 Å². The minimum atomic E-state index is -0.236. The van der Waals surface area contributed by atoms with E-state index in [-0.39, 0.29) is 29.8 Å². The van der Waals surface area contributed by atoms with Crippen LogP contribution in [0.4, 0.5) is 0 Å². The molecule has 8 heteroatoms. The minimum absolute atomic E-state index is 0.0258. The van der Waals surface area contributed by atoms with Gasteiger partial charge in [-0.25, -0.2) is 4.98 Å². The normalized spacial score (nSPS) is 25.5. The van der Waals surface area contributed by atoms with Crippen LogP contribution in [0.1, 0.15) is 43.5 Å². The summed E-state index contributed by atoms with van der Waals surface area (Å²) in [4.78, 5) is 31.4. The Morgan fingerprint density at radius 1 is 1.30 bits per heavy atom. The van der Waals surface area contributed by atoms with Crippen LogP contribution in [0.2, 0.25) is 0 Å². The predicted octanol–water partition coefficient (Wildman–Crippen LogP) is 1.55. The van der Waals surface area contributed by atoms with Crippen molar-refractivity contribution in [1.82, 2.24) is 20.5 Å². The smallest absolute Gasteiger partial charge is 0.223 e. The Kier molecular flexibility index (Phi) is 7.60. The number of aromatic nitrogens is 1. The molecule has 27 heavy (non-hydrogen) atoms. The van der Waals surface area contributed by atoms with E-state index in [1.165, 1.54) is 0 Å². The van der Waals surface area contributed by atoms with Crippen LogP contribution >= 0.6 is 11.3 Å². The van der Waals surface area contributed by atoms with Crippen LogP contribution < -0.4 is 10.6 Å². The average molecular weight is 395 g/mol. The van der Waals surface area contributed by atoms with E-state index in [1.807, 2.05) is 18.6 Å². The highest BCUT2D eigenvalue weighted by Crippen LogP contribution is 2.20. The van der Waals surface area contributed by atoms with Gasteiger partial charge in [0, 0.05) is 69.4 Å². The Morgan fingerprint density at radius 2 is 2.11 bits per heavy atom. The molecular formula is C19H30N4O3S. The summed E-state index contributed by atoms with van der Waals surface area (Å²) < 4.78 is 5.35. The molecule has 7 nitrogen and oxygen atoms in total. The largest absolute Gasteiger partial charge is 0.381 e. The molecule has 2 aliphatic heterocycles. The second-order valence-electron chi connectivity index (χ2n) is 7.51. The molecule has 2 amide bonds. The second-order valence-corrected chi connectivity index (χ2v) is 8.48. The van der Waals surface area contributed by atoms with E-state index in [4.69, 9.17) is 4.74 Å². The van der Waals surface area contributed by atoms with Crippen molar-refractivity contribution < 1.29 is 14.3 Å². The maximum Gasteiger partial charge on any atom is 0.223 e. The first-order chi connectivity index (χ1) is 13.1. The molecule has 2 fully saturated rings. The van der Waals surface area contributed by atoms with E-state index in [9.17, 15) is 9.59 Å². The molecule has 1 aromatic rings. The molecule has 2 aliphatic rings. The van der Waals surface area contributed by atoms with Gasteiger partial charge < -0.3 is 20.3 Å². The van der Waals surface area contributed by atoms with Crippen molar-refractivity contribution in [3.8, 4) is 0 Å². The monoisotopic (exact) mass is 394 g/mol. The Labute approximate surface area is 164 Å². The number of ether oxygens (including phenoxy) is 1. The first-order valence-electron chi connectivity index (χ1n) is 9.85. The minimum Gasteiger partial charge on any atom is -0.381 e. The van der Waals surface area contributed by atoms with Crippen LogP contribution in [0, 0.1) is 5.92 Å². The average Bonchev–Trinajstić information content (AvgIpc) is 3.20. The molecular weight excluding hydrogens is 364 g/mol. The van der Waals surface area contributed by atoms with Gasteiger partial charge in [0.25, 0.3) is 0 Å². The summed E-state index contributed by atoms with van der Waals surface area (Å²) in [7, 11) is 1.83. The van der Waals surface area contributed by atoms with Crippen LogP contribution in [0.5, 0.6) is 0 Å². The highest BCUT2D eigenvalue weighted by atomic mass is 32.1. The highest BCUT2D eigenvalue weighted by molar-refractivity contribution is 7.09. The summed E-state index contributed by atoms with van der Waals surface area (Å²) in [6.07, 6.45) is 6.45. The van der Waals surface area contributed by atoms with Gasteiger partial charge in [-0.3, -0.25) is 9.59 Å². The summed E-state index contributed by atoms with van der Waals surface area (Å²) in [5.41, 5.74) is 0. The quantitative estimate of drug-likeness (QED) is 0.792. The van der Waals surface area contributed by atoms with E-state index in [1.54, 1.807) is 16.2 Å². The van der Waals surface area contributed by atoms with Crippen LogP contribution in [-0.2, 0) is 20.9 Å². The zero-order valence-corrected chi connectivity index (χ0v) is 16.8. The third kappa shape index (κ3) is 6.26. The number of amides is 2. The Bertz CT molecular complexity index is 604. The van der Waals surface area contributed by atoms with Crippen molar-refractivity contribution in [2.75, 3.05) is 26.8 Å². The summed E-state index contributed by atoms with van der Waals surface area (Å²) in [5.74, 6) is -0.163. The third-order valence-electron chi connectivity index (χ3n) is 5.41.